The number of aliphatic hydroxyl groups is 3. The first-order valence-electron chi connectivity index (χ1n) is 5.32. The molecule has 0 fully saturated rings. The second-order valence-corrected chi connectivity index (χ2v) is 6.51. The maximum absolute atomic E-state index is 8.85. The SMILES string of the molecule is CC(CCO)P(CCCO)CCCO. The molecule has 3 N–H and O–H groups in total. The van der Waals surface area contributed by atoms with Crippen molar-refractivity contribution in [3.8, 4) is 0 Å². The van der Waals surface area contributed by atoms with Gasteiger partial charge in [-0.2, -0.15) is 0 Å². The molecule has 3 nitrogen and oxygen atoms in total. The van der Waals surface area contributed by atoms with Gasteiger partial charge in [0.15, 0.2) is 0 Å². The highest BCUT2D eigenvalue weighted by atomic mass is 31.1. The van der Waals surface area contributed by atoms with Gasteiger partial charge in [-0.15, -0.1) is 7.92 Å². The van der Waals surface area contributed by atoms with Gasteiger partial charge in [0, 0.05) is 19.8 Å². The van der Waals surface area contributed by atoms with Crippen molar-refractivity contribution in [2.75, 3.05) is 32.1 Å². The molecule has 0 aliphatic heterocycles. The Morgan fingerprint density at radius 2 is 1.43 bits per heavy atom. The molecule has 1 atom stereocenters. The molecule has 14 heavy (non-hydrogen) atoms. The standard InChI is InChI=1S/C10H23O3P/c1-10(4-7-13)14(8-2-5-11)9-3-6-12/h10-13H,2-9H2,1H3. The Bertz CT molecular complexity index is 114. The first-order chi connectivity index (χ1) is 6.76. The molecule has 0 aromatic rings. The summed E-state index contributed by atoms with van der Waals surface area (Å²) in [6.07, 6.45) is 4.68. The third-order valence-electron chi connectivity index (χ3n) is 2.38. The van der Waals surface area contributed by atoms with E-state index >= 15 is 0 Å². The van der Waals surface area contributed by atoms with Crippen molar-refractivity contribution < 1.29 is 15.3 Å². The van der Waals surface area contributed by atoms with Crippen LogP contribution < -0.4 is 0 Å². The van der Waals surface area contributed by atoms with Crippen LogP contribution in [-0.4, -0.2) is 53.1 Å². The van der Waals surface area contributed by atoms with Gasteiger partial charge in [-0.05, 0) is 37.2 Å². The van der Waals surface area contributed by atoms with Crippen LogP contribution in [0.5, 0.6) is 0 Å². The quantitative estimate of drug-likeness (QED) is 0.510. The van der Waals surface area contributed by atoms with Crippen molar-refractivity contribution in [2.45, 2.75) is 31.8 Å². The van der Waals surface area contributed by atoms with Crippen LogP contribution in [0.1, 0.15) is 26.2 Å². The summed E-state index contributed by atoms with van der Waals surface area (Å²) in [6.45, 7) is 2.92. The molecule has 0 saturated heterocycles. The first-order valence-corrected chi connectivity index (χ1v) is 7.11. The Balaban J connectivity index is 3.81. The van der Waals surface area contributed by atoms with Crippen molar-refractivity contribution >= 4 is 7.92 Å². The minimum Gasteiger partial charge on any atom is -0.396 e. The molecule has 0 saturated carbocycles. The molecule has 0 aliphatic carbocycles. The van der Waals surface area contributed by atoms with Crippen molar-refractivity contribution in [3.63, 3.8) is 0 Å². The van der Waals surface area contributed by atoms with Crippen LogP contribution in [0.15, 0.2) is 0 Å². The largest absolute Gasteiger partial charge is 0.396 e. The van der Waals surface area contributed by atoms with Crippen molar-refractivity contribution in [1.82, 2.24) is 0 Å². The van der Waals surface area contributed by atoms with Gasteiger partial charge in [-0.25, -0.2) is 0 Å². The Morgan fingerprint density at radius 1 is 0.929 bits per heavy atom. The topological polar surface area (TPSA) is 60.7 Å². The number of hydrogen-bond donors (Lipinski definition) is 3. The Kier molecular flexibility index (Phi) is 10.1. The zero-order valence-electron chi connectivity index (χ0n) is 9.02. The highest BCUT2D eigenvalue weighted by molar-refractivity contribution is 7.58. The fraction of sp³-hybridized carbons (Fsp3) is 1.00. The van der Waals surface area contributed by atoms with E-state index in [4.69, 9.17) is 15.3 Å². The van der Waals surface area contributed by atoms with Gasteiger partial charge in [-0.1, -0.05) is 6.92 Å². The van der Waals surface area contributed by atoms with E-state index < -0.39 is 0 Å². The molecule has 0 radical (unpaired) electrons. The first kappa shape index (κ1) is 14.3. The lowest BCUT2D eigenvalue weighted by molar-refractivity contribution is 0.287. The van der Waals surface area contributed by atoms with Gasteiger partial charge in [0.2, 0.25) is 0 Å². The van der Waals surface area contributed by atoms with Gasteiger partial charge < -0.3 is 15.3 Å². The van der Waals surface area contributed by atoms with E-state index in [1.165, 1.54) is 0 Å². The van der Waals surface area contributed by atoms with Crippen LogP contribution in [0.3, 0.4) is 0 Å². The normalized spacial score (nSPS) is 13.5. The van der Waals surface area contributed by atoms with Crippen molar-refractivity contribution in [3.05, 3.63) is 0 Å². The molecular weight excluding hydrogens is 199 g/mol. The number of aliphatic hydroxyl groups excluding tert-OH is 3. The van der Waals surface area contributed by atoms with Crippen molar-refractivity contribution in [2.24, 2.45) is 0 Å². The van der Waals surface area contributed by atoms with E-state index in [0.717, 1.165) is 31.6 Å². The van der Waals surface area contributed by atoms with Crippen LogP contribution in [0.4, 0.5) is 0 Å². The molecule has 0 spiro atoms. The maximum atomic E-state index is 8.85. The highest BCUT2D eigenvalue weighted by Gasteiger charge is 2.14. The fourth-order valence-corrected chi connectivity index (χ4v) is 4.15. The molecule has 0 rings (SSSR count). The third-order valence-corrected chi connectivity index (χ3v) is 5.66. The molecule has 0 heterocycles. The molecular formula is C10H23O3P. The minimum atomic E-state index is -0.120. The van der Waals surface area contributed by atoms with Crippen LogP contribution >= 0.6 is 7.92 Å². The van der Waals surface area contributed by atoms with Crippen LogP contribution in [0, 0.1) is 0 Å². The Labute approximate surface area is 87.9 Å². The molecule has 0 aromatic carbocycles. The highest BCUT2D eigenvalue weighted by Crippen LogP contribution is 2.43. The van der Waals surface area contributed by atoms with E-state index in [1.54, 1.807) is 0 Å². The summed E-state index contributed by atoms with van der Waals surface area (Å²) in [5.41, 5.74) is 0.549. The van der Waals surface area contributed by atoms with E-state index in [0.29, 0.717) is 5.66 Å². The van der Waals surface area contributed by atoms with E-state index in [2.05, 4.69) is 6.92 Å². The molecule has 0 amide bonds. The van der Waals surface area contributed by atoms with Gasteiger partial charge in [0.25, 0.3) is 0 Å². The zero-order chi connectivity index (χ0) is 10.8. The fourth-order valence-electron chi connectivity index (χ4n) is 1.47. The molecule has 0 bridgehead atoms. The second kappa shape index (κ2) is 9.85. The summed E-state index contributed by atoms with van der Waals surface area (Å²) in [7, 11) is -0.120. The molecule has 0 aromatic heterocycles. The smallest absolute Gasteiger partial charge is 0.0436 e. The Morgan fingerprint density at radius 3 is 1.79 bits per heavy atom. The van der Waals surface area contributed by atoms with Crippen LogP contribution in [0.2, 0.25) is 0 Å². The van der Waals surface area contributed by atoms with E-state index in [9.17, 15) is 0 Å². The summed E-state index contributed by atoms with van der Waals surface area (Å²) in [4.78, 5) is 0. The van der Waals surface area contributed by atoms with Gasteiger partial charge >= 0.3 is 0 Å². The lowest BCUT2D eigenvalue weighted by atomic mass is 10.3. The molecule has 4 heteroatoms. The molecule has 1 unspecified atom stereocenters. The average Bonchev–Trinajstić information content (AvgIpc) is 2.18. The molecule has 0 aliphatic rings. The summed E-state index contributed by atoms with van der Waals surface area (Å²) in [5.74, 6) is 0. The predicted molar refractivity (Wildman–Crippen MR) is 61.2 cm³/mol. The third kappa shape index (κ3) is 6.72. The summed E-state index contributed by atoms with van der Waals surface area (Å²) >= 11 is 0. The minimum absolute atomic E-state index is 0.120. The van der Waals surface area contributed by atoms with Crippen LogP contribution in [-0.2, 0) is 0 Å². The van der Waals surface area contributed by atoms with E-state index in [-0.39, 0.29) is 27.7 Å². The number of rotatable bonds is 9. The Hall–Kier alpha value is 0.310. The average molecular weight is 222 g/mol. The number of hydrogen-bond acceptors (Lipinski definition) is 3. The predicted octanol–water partition coefficient (Wildman–Crippen LogP) is 1.00. The van der Waals surface area contributed by atoms with Gasteiger partial charge in [0.1, 0.15) is 0 Å². The van der Waals surface area contributed by atoms with E-state index in [1.807, 2.05) is 0 Å². The summed E-state index contributed by atoms with van der Waals surface area (Å²) in [6, 6.07) is 0. The van der Waals surface area contributed by atoms with Gasteiger partial charge in [-0.3, -0.25) is 0 Å². The van der Waals surface area contributed by atoms with Crippen molar-refractivity contribution in [1.29, 1.82) is 0 Å². The lowest BCUT2D eigenvalue weighted by Gasteiger charge is -2.23. The molecule has 86 valence electrons. The zero-order valence-corrected chi connectivity index (χ0v) is 9.92. The second-order valence-electron chi connectivity index (χ2n) is 3.55. The van der Waals surface area contributed by atoms with Crippen LogP contribution in [0.25, 0.3) is 0 Å². The monoisotopic (exact) mass is 222 g/mol. The summed E-state index contributed by atoms with van der Waals surface area (Å²) < 4.78 is 0. The van der Waals surface area contributed by atoms with Gasteiger partial charge in [0.05, 0.1) is 0 Å². The lowest BCUT2D eigenvalue weighted by Crippen LogP contribution is -2.09. The summed E-state index contributed by atoms with van der Waals surface area (Å²) in [5, 5.41) is 26.4. The maximum Gasteiger partial charge on any atom is 0.0436 e.